The molecule has 10 heteroatoms. The summed E-state index contributed by atoms with van der Waals surface area (Å²) >= 11 is 0. The molecule has 2 aromatic rings. The van der Waals surface area contributed by atoms with E-state index in [0.29, 0.717) is 32.2 Å². The molecule has 0 aromatic heterocycles. The largest absolute Gasteiger partial charge is 0.463 e. The normalized spacial score (nSPS) is 25.5. The number of fused-ring (bicyclic) bond motifs is 1. The average Bonchev–Trinajstić information content (AvgIpc) is 3.74. The lowest BCUT2D eigenvalue weighted by molar-refractivity contribution is -0.151. The topological polar surface area (TPSA) is 125 Å². The summed E-state index contributed by atoms with van der Waals surface area (Å²) < 4.78 is 12.1. The third-order valence-electron chi connectivity index (χ3n) is 9.71. The molecule has 7 atom stereocenters. The number of hydrogen-bond acceptors (Lipinski definition) is 7. The Balaban J connectivity index is 1.45. The number of benzene rings is 2. The first-order valence-electron chi connectivity index (χ1n) is 16.5. The molecule has 0 unspecified atom stereocenters. The highest BCUT2D eigenvalue weighted by molar-refractivity contribution is 5.99. The van der Waals surface area contributed by atoms with Gasteiger partial charge in [0.05, 0.1) is 36.6 Å². The Kier molecular flexibility index (Phi) is 10.9. The molecule has 5 rings (SSSR count). The Hall–Kier alpha value is -4.28. The number of aliphatic hydroxyl groups excluding tert-OH is 1. The molecule has 1 spiro atoms. The van der Waals surface area contributed by atoms with Crippen LogP contribution in [0.15, 0.2) is 86.0 Å². The van der Waals surface area contributed by atoms with Crippen molar-refractivity contribution in [1.82, 2.24) is 15.1 Å². The van der Waals surface area contributed by atoms with Gasteiger partial charge in [-0.05, 0) is 36.8 Å². The fraction of sp³-hybridized carbons (Fsp3) is 0.459. The van der Waals surface area contributed by atoms with Gasteiger partial charge in [0.25, 0.3) is 0 Å². The monoisotopic (exact) mass is 643 g/mol. The molecule has 3 heterocycles. The van der Waals surface area contributed by atoms with Gasteiger partial charge >= 0.3 is 5.97 Å². The number of ether oxygens (including phenoxy) is 2. The second kappa shape index (κ2) is 15.1. The van der Waals surface area contributed by atoms with Crippen LogP contribution >= 0.6 is 0 Å². The van der Waals surface area contributed by atoms with E-state index in [1.54, 1.807) is 17.1 Å². The fourth-order valence-electron chi connectivity index (χ4n) is 7.49. The van der Waals surface area contributed by atoms with Crippen LogP contribution in [0, 0.1) is 11.8 Å². The summed E-state index contributed by atoms with van der Waals surface area (Å²) in [4.78, 5) is 58.7. The highest BCUT2D eigenvalue weighted by atomic mass is 16.5. The third-order valence-corrected chi connectivity index (χ3v) is 9.71. The van der Waals surface area contributed by atoms with Crippen LogP contribution in [-0.4, -0.2) is 82.1 Å². The molecule has 3 fully saturated rings. The maximum absolute atomic E-state index is 14.6. The van der Waals surface area contributed by atoms with Crippen LogP contribution in [0.1, 0.15) is 56.2 Å². The molecular formula is C37H45N3O7. The van der Waals surface area contributed by atoms with Gasteiger partial charge in [-0.15, -0.1) is 13.2 Å². The maximum atomic E-state index is 14.6. The Morgan fingerprint density at radius 2 is 1.83 bits per heavy atom. The molecule has 0 saturated carbocycles. The number of nitrogens with one attached hydrogen (secondary N) is 1. The van der Waals surface area contributed by atoms with Crippen LogP contribution in [0.2, 0.25) is 0 Å². The number of carbonyl (C=O) groups is 4. The fourth-order valence-corrected chi connectivity index (χ4v) is 7.49. The predicted octanol–water partition coefficient (Wildman–Crippen LogP) is 3.71. The summed E-state index contributed by atoms with van der Waals surface area (Å²) in [5.41, 5.74) is 0.447. The van der Waals surface area contributed by atoms with Crippen LogP contribution in [0.5, 0.6) is 0 Å². The zero-order valence-corrected chi connectivity index (χ0v) is 27.0. The van der Waals surface area contributed by atoms with Gasteiger partial charge < -0.3 is 29.7 Å². The second-order valence-corrected chi connectivity index (χ2v) is 12.5. The molecule has 0 radical (unpaired) electrons. The minimum atomic E-state index is -1.22. The summed E-state index contributed by atoms with van der Waals surface area (Å²) in [5.74, 6) is -3.24. The lowest BCUT2D eigenvalue weighted by atomic mass is 9.70. The number of likely N-dealkylation sites (tertiary alicyclic amines) is 1. The van der Waals surface area contributed by atoms with E-state index < -0.39 is 53.5 Å². The summed E-state index contributed by atoms with van der Waals surface area (Å²) in [7, 11) is 0. The molecule has 250 valence electrons. The summed E-state index contributed by atoms with van der Waals surface area (Å²) in [6, 6.07) is 16.5. The maximum Gasteiger partial charge on any atom is 0.306 e. The van der Waals surface area contributed by atoms with Gasteiger partial charge in [0, 0.05) is 19.5 Å². The van der Waals surface area contributed by atoms with Crippen LogP contribution in [-0.2, 0) is 35.2 Å². The molecule has 3 aliphatic rings. The van der Waals surface area contributed by atoms with Crippen LogP contribution < -0.4 is 5.32 Å². The summed E-state index contributed by atoms with van der Waals surface area (Å²) in [6.07, 6.45) is 4.74. The first-order chi connectivity index (χ1) is 22.8. The number of esters is 1. The zero-order valence-electron chi connectivity index (χ0n) is 27.0. The molecule has 47 heavy (non-hydrogen) atoms. The van der Waals surface area contributed by atoms with Gasteiger partial charge in [0.2, 0.25) is 17.7 Å². The summed E-state index contributed by atoms with van der Waals surface area (Å²) in [6.45, 7) is 9.50. The number of carbonyl (C=O) groups excluding carboxylic acids is 4. The van der Waals surface area contributed by atoms with E-state index in [1.807, 2.05) is 67.6 Å². The number of allylic oxidation sites excluding steroid dienone is 1. The Morgan fingerprint density at radius 3 is 2.47 bits per heavy atom. The van der Waals surface area contributed by atoms with Crippen LogP contribution in [0.25, 0.3) is 0 Å². The molecule has 0 aliphatic carbocycles. The Bertz CT molecular complexity index is 1450. The van der Waals surface area contributed by atoms with Crippen LogP contribution in [0.3, 0.4) is 0 Å². The molecule has 3 aliphatic heterocycles. The zero-order chi connectivity index (χ0) is 33.6. The van der Waals surface area contributed by atoms with Gasteiger partial charge in [-0.1, -0.05) is 79.7 Å². The highest BCUT2D eigenvalue weighted by Gasteiger charge is 2.75. The molecule has 3 saturated heterocycles. The number of amides is 3. The lowest BCUT2D eigenvalue weighted by Crippen LogP contribution is -2.58. The molecular weight excluding hydrogens is 598 g/mol. The first kappa shape index (κ1) is 34.1. The molecule has 2 aromatic carbocycles. The minimum absolute atomic E-state index is 0.0839. The molecule has 2 bridgehead atoms. The van der Waals surface area contributed by atoms with E-state index in [9.17, 15) is 24.3 Å². The van der Waals surface area contributed by atoms with E-state index in [4.69, 9.17) is 9.47 Å². The van der Waals surface area contributed by atoms with E-state index >= 15 is 0 Å². The molecule has 3 amide bonds. The summed E-state index contributed by atoms with van der Waals surface area (Å²) in [5, 5.41) is 13.4. The minimum Gasteiger partial charge on any atom is -0.463 e. The van der Waals surface area contributed by atoms with Gasteiger partial charge in [-0.2, -0.15) is 0 Å². The predicted molar refractivity (Wildman–Crippen MR) is 175 cm³/mol. The van der Waals surface area contributed by atoms with E-state index in [1.165, 1.54) is 4.90 Å². The second-order valence-electron chi connectivity index (χ2n) is 12.5. The van der Waals surface area contributed by atoms with Crippen molar-refractivity contribution in [3.63, 3.8) is 0 Å². The van der Waals surface area contributed by atoms with E-state index in [0.717, 1.165) is 11.1 Å². The smallest absolute Gasteiger partial charge is 0.306 e. The van der Waals surface area contributed by atoms with Crippen molar-refractivity contribution in [1.29, 1.82) is 0 Å². The van der Waals surface area contributed by atoms with Gasteiger partial charge in [0.1, 0.15) is 18.2 Å². The number of aliphatic hydroxyl groups is 1. The van der Waals surface area contributed by atoms with Crippen LogP contribution in [0.4, 0.5) is 0 Å². The molecule has 2 N–H and O–H groups in total. The SMILES string of the molecule is C=CCCC(=O)OC[C@@H](NC(=O)[C@@H]1[C@H]2C(=O)N([C@@H](CC)CO)[C@H](C(=O)N(CC=C)Cc3ccccc3)[C@]23CC[C@H]1O3)c1ccccc1. The first-order valence-corrected chi connectivity index (χ1v) is 16.5. The number of hydrogen-bond donors (Lipinski definition) is 2. The van der Waals surface area contributed by atoms with Crippen molar-refractivity contribution in [3.8, 4) is 0 Å². The van der Waals surface area contributed by atoms with Crippen molar-refractivity contribution in [2.24, 2.45) is 11.8 Å². The third kappa shape index (κ3) is 6.75. The lowest BCUT2D eigenvalue weighted by Gasteiger charge is -2.39. The highest BCUT2D eigenvalue weighted by Crippen LogP contribution is 2.59. The quantitative estimate of drug-likeness (QED) is 0.211. The Morgan fingerprint density at radius 1 is 1.13 bits per heavy atom. The number of nitrogens with zero attached hydrogens (tertiary/aromatic N) is 2. The van der Waals surface area contributed by atoms with Gasteiger partial charge in [-0.25, -0.2) is 0 Å². The van der Waals surface area contributed by atoms with Crippen molar-refractivity contribution in [3.05, 3.63) is 97.1 Å². The Labute approximate surface area is 276 Å². The van der Waals surface area contributed by atoms with Crippen molar-refractivity contribution < 1.29 is 33.8 Å². The standard InChI is InChI=1S/C37H45N3O7/c1-4-7-18-30(42)46-24-28(26-16-12-9-13-17-26)38-34(43)31-29-19-20-37(47-29)32(31)35(44)40(27(6-3)23-41)33(37)36(45)39(21-5-2)22-25-14-10-8-11-15-25/h4-5,8-17,27-29,31-33,41H,1-2,6-7,18-24H2,3H3,(H,38,43)/t27-,28+,29+,31-,32-,33+,37-/m0/s1. The number of rotatable bonds is 16. The molecule has 10 nitrogen and oxygen atoms in total. The van der Waals surface area contributed by atoms with Gasteiger partial charge in [-0.3, -0.25) is 19.2 Å². The average molecular weight is 644 g/mol. The van der Waals surface area contributed by atoms with Crippen molar-refractivity contribution in [2.75, 3.05) is 19.8 Å². The van der Waals surface area contributed by atoms with Gasteiger partial charge in [0.15, 0.2) is 0 Å². The van der Waals surface area contributed by atoms with Crippen molar-refractivity contribution >= 4 is 23.7 Å². The van der Waals surface area contributed by atoms with Crippen molar-refractivity contribution in [2.45, 2.75) is 75.4 Å². The van der Waals surface area contributed by atoms with E-state index in [-0.39, 0.29) is 38.0 Å². The van der Waals surface area contributed by atoms with E-state index in [2.05, 4.69) is 18.5 Å².